The molecule has 0 aliphatic carbocycles. The van der Waals surface area contributed by atoms with Gasteiger partial charge in [0, 0.05) is 0 Å². The van der Waals surface area contributed by atoms with E-state index in [-0.39, 0.29) is 22.4 Å². The lowest BCUT2D eigenvalue weighted by Gasteiger charge is -2.15. The van der Waals surface area contributed by atoms with Gasteiger partial charge in [0.1, 0.15) is 0 Å². The maximum atomic E-state index is 12.8. The summed E-state index contributed by atoms with van der Waals surface area (Å²) in [5.74, 6) is -2.58. The van der Waals surface area contributed by atoms with E-state index in [0.717, 1.165) is 6.26 Å². The van der Waals surface area contributed by atoms with Crippen LogP contribution in [0.2, 0.25) is 0 Å². The summed E-state index contributed by atoms with van der Waals surface area (Å²) in [6, 6.07) is 16.0. The summed E-state index contributed by atoms with van der Waals surface area (Å²) in [6.07, 6.45) is 0.946. The summed E-state index contributed by atoms with van der Waals surface area (Å²) in [5, 5.41) is 1.73. The van der Waals surface area contributed by atoms with Gasteiger partial charge in [-0.05, 0) is 35.0 Å². The molecule has 0 radical (unpaired) electrons. The molecule has 3 aromatic rings. The molecule has 0 aromatic heterocycles. The number of carbonyl (C=O) groups excluding carboxylic acids is 3. The highest BCUT2D eigenvalue weighted by molar-refractivity contribution is 7.92. The van der Waals surface area contributed by atoms with Gasteiger partial charge in [0.25, 0.3) is 11.8 Å². The van der Waals surface area contributed by atoms with Gasteiger partial charge in [-0.15, -0.1) is 0 Å². The molecule has 4 rings (SSSR count). The maximum Gasteiger partial charge on any atom is 0.366 e. The number of benzene rings is 3. The molecule has 0 unspecified atom stereocenters. The third-order valence-corrected chi connectivity index (χ3v) is 4.92. The second-order valence-electron chi connectivity index (χ2n) is 6.45. The van der Waals surface area contributed by atoms with Crippen molar-refractivity contribution in [1.82, 2.24) is 5.06 Å². The number of anilines is 1. The second-order valence-corrected chi connectivity index (χ2v) is 8.20. The molecule has 3 aromatic carbocycles. The topological polar surface area (TPSA) is 110 Å². The van der Waals surface area contributed by atoms with Gasteiger partial charge in [0.2, 0.25) is 10.0 Å². The number of sulfonamides is 1. The molecule has 0 fully saturated rings. The fourth-order valence-corrected chi connectivity index (χ4v) is 3.64. The minimum absolute atomic E-state index is 0.0205. The quantitative estimate of drug-likeness (QED) is 0.662. The first-order valence-corrected chi connectivity index (χ1v) is 10.3. The zero-order valence-electron chi connectivity index (χ0n) is 15.1. The third-order valence-electron chi connectivity index (χ3n) is 4.33. The molecule has 1 aliphatic heterocycles. The van der Waals surface area contributed by atoms with Crippen LogP contribution in [0.5, 0.6) is 0 Å². The first kappa shape index (κ1) is 18.6. The predicted molar refractivity (Wildman–Crippen MR) is 105 cm³/mol. The molecule has 0 saturated carbocycles. The first-order valence-electron chi connectivity index (χ1n) is 8.45. The molecule has 0 bridgehead atoms. The van der Waals surface area contributed by atoms with Crippen LogP contribution in [-0.2, 0) is 14.9 Å². The fourth-order valence-electron chi connectivity index (χ4n) is 3.08. The predicted octanol–water partition coefficient (Wildman–Crippen LogP) is 2.58. The van der Waals surface area contributed by atoms with Gasteiger partial charge in [-0.2, -0.15) is 0 Å². The molecule has 29 heavy (non-hydrogen) atoms. The summed E-state index contributed by atoms with van der Waals surface area (Å²) < 4.78 is 25.7. The van der Waals surface area contributed by atoms with Crippen LogP contribution in [0.3, 0.4) is 0 Å². The number of nitrogens with zero attached hydrogens (tertiary/aromatic N) is 1. The molecule has 1 N–H and O–H groups in total. The molecule has 146 valence electrons. The van der Waals surface area contributed by atoms with Crippen molar-refractivity contribution in [2.75, 3.05) is 11.0 Å². The summed E-state index contributed by atoms with van der Waals surface area (Å²) in [6.45, 7) is 0. The van der Waals surface area contributed by atoms with Crippen LogP contribution >= 0.6 is 0 Å². The van der Waals surface area contributed by atoms with E-state index in [1.54, 1.807) is 36.4 Å². The minimum Gasteiger partial charge on any atom is -0.324 e. The lowest BCUT2D eigenvalue weighted by Crippen LogP contribution is -2.33. The molecular weight excluding hydrogens is 396 g/mol. The molecule has 2 amide bonds. The zero-order chi connectivity index (χ0) is 20.8. The van der Waals surface area contributed by atoms with Gasteiger partial charge in [-0.1, -0.05) is 41.5 Å². The van der Waals surface area contributed by atoms with E-state index in [1.165, 1.54) is 24.3 Å². The molecule has 8 nitrogen and oxygen atoms in total. The van der Waals surface area contributed by atoms with Gasteiger partial charge in [-0.3, -0.25) is 14.3 Å². The maximum absolute atomic E-state index is 12.8. The molecular formula is C20H14N2O6S. The Morgan fingerprint density at radius 2 is 1.41 bits per heavy atom. The van der Waals surface area contributed by atoms with Crippen LogP contribution in [0.4, 0.5) is 5.69 Å². The Labute approximate surface area is 165 Å². The third kappa shape index (κ3) is 3.43. The summed E-state index contributed by atoms with van der Waals surface area (Å²) in [4.78, 5) is 42.7. The van der Waals surface area contributed by atoms with E-state index in [1.807, 2.05) is 0 Å². The van der Waals surface area contributed by atoms with Gasteiger partial charge in [0.05, 0.1) is 28.6 Å². The van der Waals surface area contributed by atoms with Crippen molar-refractivity contribution in [1.29, 1.82) is 0 Å². The number of hydrogen-bond acceptors (Lipinski definition) is 6. The van der Waals surface area contributed by atoms with E-state index < -0.39 is 27.8 Å². The molecule has 1 heterocycles. The van der Waals surface area contributed by atoms with Crippen LogP contribution in [0.1, 0.15) is 31.1 Å². The Bertz CT molecular complexity index is 1260. The van der Waals surface area contributed by atoms with Crippen LogP contribution in [0.25, 0.3) is 10.8 Å². The Morgan fingerprint density at radius 1 is 0.897 bits per heavy atom. The van der Waals surface area contributed by atoms with E-state index in [4.69, 9.17) is 4.84 Å². The number of hydroxylamine groups is 2. The van der Waals surface area contributed by atoms with Gasteiger partial charge in [0.15, 0.2) is 0 Å². The Kier molecular flexibility index (Phi) is 4.31. The van der Waals surface area contributed by atoms with Gasteiger partial charge < -0.3 is 4.84 Å². The number of carbonyl (C=O) groups is 3. The average molecular weight is 410 g/mol. The molecule has 0 spiro atoms. The smallest absolute Gasteiger partial charge is 0.324 e. The SMILES string of the molecule is CS(=O)(=O)Nc1cc2ccccc2cc1C(=O)ON1C(=O)c2ccccc2C1=O. The Balaban J connectivity index is 1.72. The number of nitrogens with one attached hydrogen (secondary N) is 1. The lowest BCUT2D eigenvalue weighted by molar-refractivity contribution is -0.0583. The largest absolute Gasteiger partial charge is 0.366 e. The fraction of sp³-hybridized carbons (Fsp3) is 0.0500. The standard InChI is InChI=1S/C20H14N2O6S/c1-29(26,27)21-17-11-13-7-3-2-6-12(13)10-16(17)20(25)28-22-18(23)14-8-4-5-9-15(14)19(22)24/h2-11,21H,1H3. The summed E-state index contributed by atoms with van der Waals surface area (Å²) in [7, 11) is -3.70. The minimum atomic E-state index is -3.70. The number of rotatable bonds is 4. The monoisotopic (exact) mass is 410 g/mol. The van der Waals surface area contributed by atoms with Crippen molar-refractivity contribution in [3.8, 4) is 0 Å². The van der Waals surface area contributed by atoms with Crippen molar-refractivity contribution in [3.63, 3.8) is 0 Å². The molecule has 0 atom stereocenters. The van der Waals surface area contributed by atoms with E-state index in [9.17, 15) is 22.8 Å². The number of fused-ring (bicyclic) bond motifs is 2. The lowest BCUT2D eigenvalue weighted by atomic mass is 10.1. The molecule has 0 saturated heterocycles. The van der Waals surface area contributed by atoms with Crippen molar-refractivity contribution in [2.24, 2.45) is 0 Å². The van der Waals surface area contributed by atoms with Crippen LogP contribution in [0, 0.1) is 0 Å². The van der Waals surface area contributed by atoms with Crippen molar-refractivity contribution in [3.05, 3.63) is 77.4 Å². The number of amides is 2. The van der Waals surface area contributed by atoms with Crippen molar-refractivity contribution in [2.45, 2.75) is 0 Å². The molecule has 1 aliphatic rings. The number of imide groups is 1. The van der Waals surface area contributed by atoms with E-state index in [2.05, 4.69) is 4.72 Å². The zero-order valence-corrected chi connectivity index (χ0v) is 15.9. The van der Waals surface area contributed by atoms with E-state index >= 15 is 0 Å². The Morgan fingerprint density at radius 3 is 1.97 bits per heavy atom. The van der Waals surface area contributed by atoms with Crippen molar-refractivity contribution >= 4 is 44.3 Å². The summed E-state index contributed by atoms with van der Waals surface area (Å²) >= 11 is 0. The van der Waals surface area contributed by atoms with Crippen molar-refractivity contribution < 1.29 is 27.6 Å². The normalized spacial score (nSPS) is 13.5. The van der Waals surface area contributed by atoms with E-state index in [0.29, 0.717) is 15.8 Å². The van der Waals surface area contributed by atoms with Crippen LogP contribution in [-0.4, -0.2) is 37.5 Å². The number of hydrogen-bond donors (Lipinski definition) is 1. The van der Waals surface area contributed by atoms with Gasteiger partial charge in [-0.25, -0.2) is 13.2 Å². The highest BCUT2D eigenvalue weighted by atomic mass is 32.2. The highest BCUT2D eigenvalue weighted by Crippen LogP contribution is 2.28. The second kappa shape index (κ2) is 6.71. The van der Waals surface area contributed by atoms with Crippen LogP contribution < -0.4 is 4.72 Å². The first-order chi connectivity index (χ1) is 13.7. The Hall–Kier alpha value is -3.72. The van der Waals surface area contributed by atoms with Crippen LogP contribution in [0.15, 0.2) is 60.7 Å². The summed E-state index contributed by atoms with van der Waals surface area (Å²) in [5.41, 5.74) is 0.0927. The highest BCUT2D eigenvalue weighted by Gasteiger charge is 2.39. The molecule has 9 heteroatoms. The average Bonchev–Trinajstić information content (AvgIpc) is 2.91. The van der Waals surface area contributed by atoms with Gasteiger partial charge >= 0.3 is 5.97 Å².